The molecule has 1 heterocycles. The van der Waals surface area contributed by atoms with Crippen molar-refractivity contribution in [1.29, 1.82) is 0 Å². The van der Waals surface area contributed by atoms with Gasteiger partial charge in [0.1, 0.15) is 0 Å². The van der Waals surface area contributed by atoms with Crippen molar-refractivity contribution in [3.05, 3.63) is 59.8 Å². The molecule has 0 aliphatic carbocycles. The van der Waals surface area contributed by atoms with E-state index in [9.17, 15) is 14.7 Å². The van der Waals surface area contributed by atoms with E-state index < -0.39 is 0 Å². The summed E-state index contributed by atoms with van der Waals surface area (Å²) in [6.07, 6.45) is 1.60. The van der Waals surface area contributed by atoms with E-state index >= 15 is 0 Å². The van der Waals surface area contributed by atoms with Crippen LogP contribution < -0.4 is 4.74 Å². The first-order valence-corrected chi connectivity index (χ1v) is 10.8. The molecule has 3 rings (SSSR count). The number of imide groups is 1. The molecule has 27 heavy (non-hydrogen) atoms. The Labute approximate surface area is 185 Å². The first kappa shape index (κ1) is 20.4. The number of carbonyl (C=O) groups excluding carboxylic acids is 2. The standard InChI is InChI=1S/C18H12Br3NO4S/c1-26-12-6-10(14(20)15(21)16(12)23)7-13-17(24)22(18(25)27-13)8-9-2-4-11(19)5-3-9/h2-7,23H,8H2,1H3. The van der Waals surface area contributed by atoms with Crippen LogP contribution in [-0.2, 0) is 11.3 Å². The van der Waals surface area contributed by atoms with Crippen LogP contribution in [0.4, 0.5) is 4.79 Å². The Morgan fingerprint density at radius 1 is 1.15 bits per heavy atom. The Hall–Kier alpha value is -1.29. The van der Waals surface area contributed by atoms with Gasteiger partial charge >= 0.3 is 0 Å². The molecule has 2 aromatic rings. The van der Waals surface area contributed by atoms with Gasteiger partial charge < -0.3 is 9.84 Å². The lowest BCUT2D eigenvalue weighted by molar-refractivity contribution is -0.123. The number of benzene rings is 2. The van der Waals surface area contributed by atoms with Gasteiger partial charge in [0.05, 0.1) is 23.0 Å². The normalized spacial score (nSPS) is 15.7. The summed E-state index contributed by atoms with van der Waals surface area (Å²) in [6.45, 7) is 0.207. The smallest absolute Gasteiger partial charge is 0.293 e. The highest BCUT2D eigenvalue weighted by Gasteiger charge is 2.35. The molecule has 1 fully saturated rings. The van der Waals surface area contributed by atoms with Crippen molar-refractivity contribution in [1.82, 2.24) is 4.90 Å². The van der Waals surface area contributed by atoms with Crippen LogP contribution >= 0.6 is 59.6 Å². The van der Waals surface area contributed by atoms with Gasteiger partial charge in [0.15, 0.2) is 11.5 Å². The molecule has 2 amide bonds. The summed E-state index contributed by atoms with van der Waals surface area (Å²) in [4.78, 5) is 26.5. The number of aromatic hydroxyl groups is 1. The number of thioether (sulfide) groups is 1. The summed E-state index contributed by atoms with van der Waals surface area (Å²) in [5.74, 6) is -0.154. The van der Waals surface area contributed by atoms with Gasteiger partial charge in [0.25, 0.3) is 11.1 Å². The second kappa shape index (κ2) is 8.38. The van der Waals surface area contributed by atoms with Crippen LogP contribution in [0.3, 0.4) is 0 Å². The first-order chi connectivity index (χ1) is 12.8. The second-order valence-corrected chi connectivity index (χ2v) is 9.03. The van der Waals surface area contributed by atoms with Crippen LogP contribution in [0.15, 0.2) is 48.7 Å². The Bertz CT molecular complexity index is 960. The number of rotatable bonds is 4. The number of phenolic OH excluding ortho intramolecular Hbond substituents is 1. The molecular weight excluding hydrogens is 566 g/mol. The number of amides is 2. The summed E-state index contributed by atoms with van der Waals surface area (Å²) in [5.41, 5.74) is 1.46. The van der Waals surface area contributed by atoms with Gasteiger partial charge in [0, 0.05) is 8.95 Å². The molecule has 0 saturated carbocycles. The number of ether oxygens (including phenoxy) is 1. The van der Waals surface area contributed by atoms with E-state index in [1.165, 1.54) is 12.0 Å². The molecule has 0 unspecified atom stereocenters. The van der Waals surface area contributed by atoms with E-state index in [1.807, 2.05) is 24.3 Å². The molecule has 1 saturated heterocycles. The van der Waals surface area contributed by atoms with E-state index in [0.29, 0.717) is 19.4 Å². The zero-order valence-corrected chi connectivity index (χ0v) is 19.4. The maximum absolute atomic E-state index is 12.7. The minimum atomic E-state index is -0.358. The lowest BCUT2D eigenvalue weighted by Crippen LogP contribution is -2.27. The fourth-order valence-electron chi connectivity index (χ4n) is 2.42. The van der Waals surface area contributed by atoms with Crippen LogP contribution in [0.2, 0.25) is 0 Å². The Morgan fingerprint density at radius 3 is 2.44 bits per heavy atom. The SMILES string of the molecule is COc1cc(C=C2SC(=O)N(Cc3ccc(Br)cc3)C2=O)c(Br)c(Br)c1O. The molecule has 0 radical (unpaired) electrons. The molecule has 2 aromatic carbocycles. The molecule has 5 nitrogen and oxygen atoms in total. The Kier molecular flexibility index (Phi) is 6.35. The van der Waals surface area contributed by atoms with Crippen molar-refractivity contribution < 1.29 is 19.4 Å². The number of nitrogens with zero attached hydrogens (tertiary/aromatic N) is 1. The van der Waals surface area contributed by atoms with Gasteiger partial charge in [-0.25, -0.2) is 0 Å². The first-order valence-electron chi connectivity index (χ1n) is 7.56. The van der Waals surface area contributed by atoms with Crippen molar-refractivity contribution in [2.75, 3.05) is 7.11 Å². The number of phenols is 1. The van der Waals surface area contributed by atoms with E-state index in [4.69, 9.17) is 4.74 Å². The molecule has 0 atom stereocenters. The quantitative estimate of drug-likeness (QED) is 0.457. The van der Waals surface area contributed by atoms with Gasteiger partial charge in [-0.3, -0.25) is 14.5 Å². The molecule has 140 valence electrons. The highest BCUT2D eigenvalue weighted by atomic mass is 79.9. The number of halogens is 3. The van der Waals surface area contributed by atoms with E-state index in [2.05, 4.69) is 47.8 Å². The minimum absolute atomic E-state index is 0.0510. The van der Waals surface area contributed by atoms with Gasteiger partial charge in [-0.2, -0.15) is 0 Å². The lowest BCUT2D eigenvalue weighted by atomic mass is 10.1. The fourth-order valence-corrected chi connectivity index (χ4v) is 4.36. The fraction of sp³-hybridized carbons (Fsp3) is 0.111. The minimum Gasteiger partial charge on any atom is -0.503 e. The monoisotopic (exact) mass is 575 g/mol. The summed E-state index contributed by atoms with van der Waals surface area (Å²) >= 11 is 10.9. The Balaban J connectivity index is 1.90. The van der Waals surface area contributed by atoms with Crippen molar-refractivity contribution in [2.24, 2.45) is 0 Å². The predicted octanol–water partition coefficient (Wildman–Crippen LogP) is 5.92. The van der Waals surface area contributed by atoms with Gasteiger partial charge in [0.2, 0.25) is 0 Å². The molecule has 0 spiro atoms. The second-order valence-electron chi connectivity index (χ2n) is 5.54. The third kappa shape index (κ3) is 4.26. The maximum Gasteiger partial charge on any atom is 0.293 e. The number of hydrogen-bond acceptors (Lipinski definition) is 5. The van der Waals surface area contributed by atoms with Crippen molar-refractivity contribution in [3.8, 4) is 11.5 Å². The summed E-state index contributed by atoms with van der Waals surface area (Å²) in [7, 11) is 1.44. The van der Waals surface area contributed by atoms with Gasteiger partial charge in [-0.1, -0.05) is 28.1 Å². The number of hydrogen-bond donors (Lipinski definition) is 1. The highest BCUT2D eigenvalue weighted by molar-refractivity contribution is 9.13. The van der Waals surface area contributed by atoms with Crippen LogP contribution in [0.1, 0.15) is 11.1 Å². The topological polar surface area (TPSA) is 66.8 Å². The average Bonchev–Trinajstić information content (AvgIpc) is 2.91. The lowest BCUT2D eigenvalue weighted by Gasteiger charge is -2.12. The van der Waals surface area contributed by atoms with Crippen molar-refractivity contribution in [2.45, 2.75) is 6.54 Å². The van der Waals surface area contributed by atoms with E-state index in [0.717, 1.165) is 21.8 Å². The molecular formula is C18H12Br3NO4S. The third-order valence-electron chi connectivity index (χ3n) is 3.81. The van der Waals surface area contributed by atoms with Crippen LogP contribution in [0, 0.1) is 0 Å². The predicted molar refractivity (Wildman–Crippen MR) is 116 cm³/mol. The van der Waals surface area contributed by atoms with Gasteiger partial charge in [-0.05, 0) is 79.0 Å². The Morgan fingerprint density at radius 2 is 1.81 bits per heavy atom. The number of carbonyl (C=O) groups is 2. The molecule has 1 N–H and O–H groups in total. The number of methoxy groups -OCH3 is 1. The van der Waals surface area contributed by atoms with Crippen molar-refractivity contribution >= 4 is 76.8 Å². The largest absolute Gasteiger partial charge is 0.503 e. The maximum atomic E-state index is 12.7. The zero-order chi connectivity index (χ0) is 19.7. The summed E-state index contributed by atoms with van der Waals surface area (Å²) in [5, 5.41) is 9.70. The molecule has 0 aromatic heterocycles. The zero-order valence-electron chi connectivity index (χ0n) is 13.8. The van der Waals surface area contributed by atoms with Crippen molar-refractivity contribution in [3.63, 3.8) is 0 Å². The molecule has 1 aliphatic heterocycles. The summed E-state index contributed by atoms with van der Waals surface area (Å²) < 4.78 is 7.03. The van der Waals surface area contributed by atoms with E-state index in [-0.39, 0.29) is 29.2 Å². The average molecular weight is 578 g/mol. The highest BCUT2D eigenvalue weighted by Crippen LogP contribution is 2.43. The summed E-state index contributed by atoms with van der Waals surface area (Å²) in [6, 6.07) is 9.03. The third-order valence-corrected chi connectivity index (χ3v) is 7.40. The molecule has 0 bridgehead atoms. The molecule has 9 heteroatoms. The van der Waals surface area contributed by atoms with Crippen LogP contribution in [0.5, 0.6) is 11.5 Å². The molecule has 1 aliphatic rings. The van der Waals surface area contributed by atoms with Crippen LogP contribution in [-0.4, -0.2) is 28.3 Å². The van der Waals surface area contributed by atoms with Crippen LogP contribution in [0.25, 0.3) is 6.08 Å². The van der Waals surface area contributed by atoms with E-state index in [1.54, 1.807) is 12.1 Å². The van der Waals surface area contributed by atoms with Gasteiger partial charge in [-0.15, -0.1) is 0 Å².